The number of benzene rings is 1. The summed E-state index contributed by atoms with van der Waals surface area (Å²) in [5.74, 6) is 0.769. The molecule has 2 bridgehead atoms. The first-order valence-electron chi connectivity index (χ1n) is 7.17. The van der Waals surface area contributed by atoms with Gasteiger partial charge in [-0.05, 0) is 44.7 Å². The van der Waals surface area contributed by atoms with Crippen LogP contribution in [0.1, 0.15) is 32.6 Å². The summed E-state index contributed by atoms with van der Waals surface area (Å²) in [6, 6.07) is 6.96. The number of piperidine rings is 1. The fourth-order valence-corrected chi connectivity index (χ4v) is 3.53. The van der Waals surface area contributed by atoms with Crippen LogP contribution in [0.5, 0.6) is 5.75 Å². The molecule has 0 aliphatic carbocycles. The molecule has 2 atom stereocenters. The maximum atomic E-state index is 9.87. The molecule has 2 heterocycles. The van der Waals surface area contributed by atoms with E-state index >= 15 is 0 Å². The topological polar surface area (TPSA) is 58.7 Å². The second kappa shape index (κ2) is 4.93. The van der Waals surface area contributed by atoms with Gasteiger partial charge in [-0.1, -0.05) is 0 Å². The normalized spacial score (nSPS) is 29.6. The average molecular weight is 262 g/mol. The lowest BCUT2D eigenvalue weighted by Gasteiger charge is -2.39. The van der Waals surface area contributed by atoms with E-state index in [-0.39, 0.29) is 6.10 Å². The number of nitrogens with zero attached hydrogens (tertiary/aromatic N) is 1. The van der Waals surface area contributed by atoms with Crippen molar-refractivity contribution in [3.05, 3.63) is 18.2 Å². The molecule has 0 saturated carbocycles. The molecule has 2 aliphatic rings. The van der Waals surface area contributed by atoms with Crippen molar-refractivity contribution in [3.63, 3.8) is 0 Å². The minimum absolute atomic E-state index is 0.131. The second-order valence-electron chi connectivity index (χ2n) is 5.57. The van der Waals surface area contributed by atoms with Crippen molar-refractivity contribution in [1.82, 2.24) is 0 Å². The third kappa shape index (κ3) is 2.25. The van der Waals surface area contributed by atoms with Gasteiger partial charge in [0.1, 0.15) is 5.75 Å². The van der Waals surface area contributed by atoms with Crippen LogP contribution < -0.4 is 15.4 Å². The molecule has 1 aromatic carbocycles. The minimum Gasteiger partial charge on any atom is -0.492 e. The molecular formula is C15H22N2O2. The van der Waals surface area contributed by atoms with Gasteiger partial charge in [0, 0.05) is 23.8 Å². The Balaban J connectivity index is 1.88. The van der Waals surface area contributed by atoms with E-state index in [2.05, 4.69) is 11.0 Å². The van der Waals surface area contributed by atoms with Gasteiger partial charge in [0.15, 0.2) is 0 Å². The number of anilines is 2. The molecule has 2 aliphatic heterocycles. The van der Waals surface area contributed by atoms with Crippen molar-refractivity contribution in [2.24, 2.45) is 0 Å². The largest absolute Gasteiger partial charge is 0.492 e. The first-order valence-corrected chi connectivity index (χ1v) is 7.17. The number of hydrogen-bond acceptors (Lipinski definition) is 4. The highest BCUT2D eigenvalue weighted by Gasteiger charge is 2.40. The standard InChI is InChI=1S/C15H22N2O2/c1-2-19-15-9-12(5-6-14(15)16)17-10-3-4-11(17)8-13(18)7-10/h5-6,9-11,13,18H,2-4,7-8,16H2,1H3. The second-order valence-corrected chi connectivity index (χ2v) is 5.57. The smallest absolute Gasteiger partial charge is 0.144 e. The summed E-state index contributed by atoms with van der Waals surface area (Å²) in [6.07, 6.45) is 3.98. The average Bonchev–Trinajstić information content (AvgIpc) is 2.65. The van der Waals surface area contributed by atoms with Gasteiger partial charge in [0.2, 0.25) is 0 Å². The number of nitrogen functional groups attached to an aromatic ring is 1. The first-order chi connectivity index (χ1) is 9.19. The third-order valence-electron chi connectivity index (χ3n) is 4.30. The van der Waals surface area contributed by atoms with E-state index in [9.17, 15) is 5.11 Å². The van der Waals surface area contributed by atoms with Crippen LogP contribution in [0, 0.1) is 0 Å². The highest BCUT2D eigenvalue weighted by atomic mass is 16.5. The zero-order valence-corrected chi connectivity index (χ0v) is 11.4. The molecular weight excluding hydrogens is 240 g/mol. The molecule has 104 valence electrons. The highest BCUT2D eigenvalue weighted by molar-refractivity contribution is 5.63. The van der Waals surface area contributed by atoms with E-state index in [0.717, 1.165) is 18.6 Å². The van der Waals surface area contributed by atoms with Crippen LogP contribution in [0.2, 0.25) is 0 Å². The maximum absolute atomic E-state index is 9.87. The third-order valence-corrected chi connectivity index (χ3v) is 4.30. The zero-order chi connectivity index (χ0) is 13.4. The molecule has 2 unspecified atom stereocenters. The first kappa shape index (κ1) is 12.6. The molecule has 2 saturated heterocycles. The summed E-state index contributed by atoms with van der Waals surface area (Å²) < 4.78 is 5.58. The molecule has 3 rings (SSSR count). The van der Waals surface area contributed by atoms with Gasteiger partial charge in [-0.15, -0.1) is 0 Å². The Kier molecular flexibility index (Phi) is 3.27. The summed E-state index contributed by atoms with van der Waals surface area (Å²) in [4.78, 5) is 2.45. The molecule has 0 amide bonds. The number of nitrogens with two attached hydrogens (primary N) is 1. The van der Waals surface area contributed by atoms with E-state index in [1.165, 1.54) is 18.5 Å². The lowest BCUT2D eigenvalue weighted by Crippen LogP contribution is -2.44. The number of rotatable bonds is 3. The van der Waals surface area contributed by atoms with Crippen LogP contribution in [-0.2, 0) is 0 Å². The van der Waals surface area contributed by atoms with E-state index in [4.69, 9.17) is 10.5 Å². The van der Waals surface area contributed by atoms with Gasteiger partial charge in [-0.2, -0.15) is 0 Å². The van der Waals surface area contributed by atoms with Gasteiger partial charge < -0.3 is 20.5 Å². The summed E-state index contributed by atoms with van der Waals surface area (Å²) in [5, 5.41) is 9.87. The van der Waals surface area contributed by atoms with Crippen LogP contribution in [0.15, 0.2) is 18.2 Å². The van der Waals surface area contributed by atoms with Crippen LogP contribution in [0.25, 0.3) is 0 Å². The van der Waals surface area contributed by atoms with Crippen LogP contribution in [0.4, 0.5) is 11.4 Å². The fourth-order valence-electron chi connectivity index (χ4n) is 3.53. The fraction of sp³-hybridized carbons (Fsp3) is 0.600. The van der Waals surface area contributed by atoms with Crippen molar-refractivity contribution in [2.45, 2.75) is 50.8 Å². The van der Waals surface area contributed by atoms with Crippen molar-refractivity contribution in [2.75, 3.05) is 17.2 Å². The SMILES string of the molecule is CCOc1cc(N2C3CCC2CC(O)C3)ccc1N. The number of ether oxygens (including phenoxy) is 1. The summed E-state index contributed by atoms with van der Waals surface area (Å²) in [6.45, 7) is 2.59. The van der Waals surface area contributed by atoms with Crippen LogP contribution in [0.3, 0.4) is 0 Å². The summed E-state index contributed by atoms with van der Waals surface area (Å²) >= 11 is 0. The molecule has 4 nitrogen and oxygen atoms in total. The Hall–Kier alpha value is -1.42. The van der Waals surface area contributed by atoms with Crippen LogP contribution >= 0.6 is 0 Å². The number of fused-ring (bicyclic) bond motifs is 2. The van der Waals surface area contributed by atoms with E-state index in [1.807, 2.05) is 19.1 Å². The van der Waals surface area contributed by atoms with E-state index in [0.29, 0.717) is 24.4 Å². The van der Waals surface area contributed by atoms with E-state index < -0.39 is 0 Å². The van der Waals surface area contributed by atoms with Gasteiger partial charge >= 0.3 is 0 Å². The summed E-state index contributed by atoms with van der Waals surface area (Å²) in [7, 11) is 0. The Morgan fingerprint density at radius 3 is 2.63 bits per heavy atom. The van der Waals surface area contributed by atoms with Gasteiger partial charge in [0.25, 0.3) is 0 Å². The monoisotopic (exact) mass is 262 g/mol. The van der Waals surface area contributed by atoms with Crippen molar-refractivity contribution >= 4 is 11.4 Å². The minimum atomic E-state index is -0.131. The number of aliphatic hydroxyl groups is 1. The molecule has 0 radical (unpaired) electrons. The molecule has 0 spiro atoms. The zero-order valence-electron chi connectivity index (χ0n) is 11.4. The van der Waals surface area contributed by atoms with Crippen molar-refractivity contribution < 1.29 is 9.84 Å². The molecule has 1 aromatic rings. The lowest BCUT2D eigenvalue weighted by molar-refractivity contribution is 0.126. The summed E-state index contributed by atoms with van der Waals surface area (Å²) in [5.41, 5.74) is 7.80. The molecule has 19 heavy (non-hydrogen) atoms. The van der Waals surface area contributed by atoms with Gasteiger partial charge in [0.05, 0.1) is 18.4 Å². The Labute approximate surface area is 114 Å². The Morgan fingerprint density at radius 1 is 1.32 bits per heavy atom. The molecule has 2 fully saturated rings. The molecule has 0 aromatic heterocycles. The lowest BCUT2D eigenvalue weighted by atomic mass is 9.99. The molecule has 3 N–H and O–H groups in total. The quantitative estimate of drug-likeness (QED) is 0.820. The highest BCUT2D eigenvalue weighted by Crippen LogP contribution is 2.41. The Morgan fingerprint density at radius 2 is 2.00 bits per heavy atom. The van der Waals surface area contributed by atoms with Gasteiger partial charge in [-0.3, -0.25) is 0 Å². The van der Waals surface area contributed by atoms with Crippen LogP contribution in [-0.4, -0.2) is 29.9 Å². The van der Waals surface area contributed by atoms with Crippen molar-refractivity contribution in [1.29, 1.82) is 0 Å². The van der Waals surface area contributed by atoms with Crippen molar-refractivity contribution in [3.8, 4) is 5.75 Å². The molecule has 4 heteroatoms. The number of hydrogen-bond donors (Lipinski definition) is 2. The van der Waals surface area contributed by atoms with Gasteiger partial charge in [-0.25, -0.2) is 0 Å². The predicted octanol–water partition coefficient (Wildman–Crippen LogP) is 2.16. The van der Waals surface area contributed by atoms with E-state index in [1.54, 1.807) is 0 Å². The Bertz CT molecular complexity index is 449. The predicted molar refractivity (Wildman–Crippen MR) is 76.6 cm³/mol. The maximum Gasteiger partial charge on any atom is 0.144 e. The number of aliphatic hydroxyl groups excluding tert-OH is 1.